The summed E-state index contributed by atoms with van der Waals surface area (Å²) in [5.74, 6) is 0.786. The highest BCUT2D eigenvalue weighted by molar-refractivity contribution is 8.22. The number of hydrogen-bond acceptors (Lipinski definition) is 7. The van der Waals surface area contributed by atoms with E-state index in [1.165, 1.54) is 39.2 Å². The summed E-state index contributed by atoms with van der Waals surface area (Å²) in [6.07, 6.45) is 0. The van der Waals surface area contributed by atoms with Gasteiger partial charge in [-0.2, -0.15) is 4.52 Å². The van der Waals surface area contributed by atoms with Crippen LogP contribution >= 0.6 is 35.3 Å². The molecule has 0 spiro atoms. The van der Waals surface area contributed by atoms with Crippen LogP contribution in [0.4, 0.5) is 5.13 Å². The average molecular weight is 363 g/mol. The molecule has 0 amide bonds. The summed E-state index contributed by atoms with van der Waals surface area (Å²) in [6.45, 7) is 1.78. The Labute approximate surface area is 145 Å². The van der Waals surface area contributed by atoms with E-state index in [0.717, 1.165) is 5.75 Å². The third-order valence-electron chi connectivity index (χ3n) is 2.86. The van der Waals surface area contributed by atoms with Gasteiger partial charge < -0.3 is 0 Å². The highest BCUT2D eigenvalue weighted by Crippen LogP contribution is 2.16. The zero-order chi connectivity index (χ0) is 16.2. The van der Waals surface area contributed by atoms with Gasteiger partial charge in [0.15, 0.2) is 4.32 Å². The molecule has 3 aromatic rings. The number of fused-ring (bicyclic) bond motifs is 1. The number of thiocarbonyl (C=S) groups is 1. The van der Waals surface area contributed by atoms with Crippen molar-refractivity contribution in [3.8, 4) is 0 Å². The summed E-state index contributed by atoms with van der Waals surface area (Å²) in [7, 11) is 0. The molecule has 2 aromatic heterocycles. The Morgan fingerprint density at radius 2 is 2.17 bits per heavy atom. The number of thioether (sulfide) groups is 1. The first kappa shape index (κ1) is 15.9. The quantitative estimate of drug-likeness (QED) is 0.545. The van der Waals surface area contributed by atoms with Crippen LogP contribution in [0.5, 0.6) is 0 Å². The lowest BCUT2D eigenvalue weighted by Gasteiger charge is -2.07. The van der Waals surface area contributed by atoms with Gasteiger partial charge >= 0.3 is 0 Å². The van der Waals surface area contributed by atoms with Crippen LogP contribution in [0.25, 0.3) is 4.96 Å². The first-order valence-electron chi connectivity index (χ1n) is 6.72. The monoisotopic (exact) mass is 363 g/mol. The van der Waals surface area contributed by atoms with Gasteiger partial charge in [0, 0.05) is 17.5 Å². The Bertz CT molecular complexity index is 890. The van der Waals surface area contributed by atoms with Crippen LogP contribution < -0.4 is 16.4 Å². The maximum Gasteiger partial charge on any atom is 0.275 e. The van der Waals surface area contributed by atoms with Gasteiger partial charge in [-0.15, -0.1) is 5.10 Å². The number of rotatable bonds is 4. The number of anilines is 1. The number of nitrogens with zero attached hydrogens (tertiary/aromatic N) is 3. The second-order valence-corrected chi connectivity index (χ2v) is 7.26. The van der Waals surface area contributed by atoms with Crippen molar-refractivity contribution in [1.82, 2.24) is 20.0 Å². The molecule has 3 rings (SSSR count). The molecule has 0 fully saturated rings. The fraction of sp³-hybridized carbons (Fsp3) is 0.143. The molecule has 0 saturated heterocycles. The highest BCUT2D eigenvalue weighted by atomic mass is 32.2. The lowest BCUT2D eigenvalue weighted by atomic mass is 10.2. The third-order valence-corrected chi connectivity index (χ3v) is 4.98. The minimum Gasteiger partial charge on any atom is -0.283 e. The van der Waals surface area contributed by atoms with E-state index in [1.54, 1.807) is 6.92 Å². The molecule has 0 unspecified atom stereocenters. The Kier molecular flexibility index (Phi) is 4.89. The van der Waals surface area contributed by atoms with Crippen molar-refractivity contribution in [1.29, 1.82) is 0 Å². The Hall–Kier alpha value is -1.97. The lowest BCUT2D eigenvalue weighted by Crippen LogP contribution is -2.25. The lowest BCUT2D eigenvalue weighted by molar-refractivity contribution is 0.885. The molecular weight excluding hydrogens is 350 g/mol. The summed E-state index contributed by atoms with van der Waals surface area (Å²) in [6, 6.07) is 11.5. The van der Waals surface area contributed by atoms with E-state index in [2.05, 4.69) is 33.1 Å². The molecular formula is C14H13N5OS3. The van der Waals surface area contributed by atoms with Crippen LogP contribution in [-0.2, 0) is 5.75 Å². The van der Waals surface area contributed by atoms with E-state index in [-0.39, 0.29) is 5.56 Å². The van der Waals surface area contributed by atoms with Crippen LogP contribution in [0.1, 0.15) is 11.3 Å². The van der Waals surface area contributed by atoms with Gasteiger partial charge in [0.2, 0.25) is 10.1 Å². The fourth-order valence-corrected chi connectivity index (χ4v) is 3.48. The number of benzene rings is 1. The standard InChI is InChI=1S/C14H13N5OS3/c1-9-7-11(20)19-13(15-9)23-12(18-19)16-17-14(21)22-8-10-5-3-2-4-6-10/h2-7H,8H2,1H3,(H,16,18)(H,17,21). The van der Waals surface area contributed by atoms with Gasteiger partial charge in [-0.25, -0.2) is 4.98 Å². The van der Waals surface area contributed by atoms with E-state index in [0.29, 0.717) is 20.1 Å². The largest absolute Gasteiger partial charge is 0.283 e. The zero-order valence-corrected chi connectivity index (χ0v) is 14.6. The first-order chi connectivity index (χ1) is 11.1. The zero-order valence-electron chi connectivity index (χ0n) is 12.1. The van der Waals surface area contributed by atoms with Gasteiger partial charge in [-0.05, 0) is 12.5 Å². The second-order valence-electron chi connectivity index (χ2n) is 4.65. The van der Waals surface area contributed by atoms with Gasteiger partial charge in [0.05, 0.1) is 0 Å². The Morgan fingerprint density at radius 3 is 2.96 bits per heavy atom. The first-order valence-corrected chi connectivity index (χ1v) is 8.93. The normalized spacial score (nSPS) is 10.7. The number of hydrogen-bond donors (Lipinski definition) is 2. The molecule has 23 heavy (non-hydrogen) atoms. The number of nitrogens with one attached hydrogen (secondary N) is 2. The average Bonchev–Trinajstić information content (AvgIpc) is 2.95. The summed E-state index contributed by atoms with van der Waals surface area (Å²) in [4.78, 5) is 16.6. The van der Waals surface area contributed by atoms with Crippen molar-refractivity contribution in [2.75, 3.05) is 5.43 Å². The molecule has 2 N–H and O–H groups in total. The Morgan fingerprint density at radius 1 is 1.39 bits per heavy atom. The predicted molar refractivity (Wildman–Crippen MR) is 99.0 cm³/mol. The molecule has 0 radical (unpaired) electrons. The maximum absolute atomic E-state index is 11.8. The Balaban J connectivity index is 1.59. The molecule has 0 aliphatic heterocycles. The second kappa shape index (κ2) is 7.07. The molecule has 0 atom stereocenters. The van der Waals surface area contributed by atoms with Crippen molar-refractivity contribution in [3.63, 3.8) is 0 Å². The number of aromatic nitrogens is 3. The van der Waals surface area contributed by atoms with Crippen LogP contribution in [0.2, 0.25) is 0 Å². The number of hydrazine groups is 1. The van der Waals surface area contributed by atoms with E-state index >= 15 is 0 Å². The van der Waals surface area contributed by atoms with Crippen molar-refractivity contribution in [3.05, 3.63) is 58.0 Å². The topological polar surface area (TPSA) is 71.3 Å². The maximum atomic E-state index is 11.8. The van der Waals surface area contributed by atoms with Crippen molar-refractivity contribution in [2.24, 2.45) is 0 Å². The highest BCUT2D eigenvalue weighted by Gasteiger charge is 2.07. The predicted octanol–water partition coefficient (Wildman–Crippen LogP) is 2.59. The van der Waals surface area contributed by atoms with Crippen molar-refractivity contribution < 1.29 is 0 Å². The van der Waals surface area contributed by atoms with E-state index < -0.39 is 0 Å². The fourth-order valence-electron chi connectivity index (χ4n) is 1.83. The summed E-state index contributed by atoms with van der Waals surface area (Å²) >= 11 is 8.05. The summed E-state index contributed by atoms with van der Waals surface area (Å²) < 4.78 is 1.87. The van der Waals surface area contributed by atoms with Gasteiger partial charge in [0.25, 0.3) is 5.56 Å². The van der Waals surface area contributed by atoms with Gasteiger partial charge in [0.1, 0.15) is 0 Å². The molecule has 0 aliphatic rings. The van der Waals surface area contributed by atoms with Crippen LogP contribution in [-0.4, -0.2) is 18.9 Å². The molecule has 2 heterocycles. The SMILES string of the molecule is Cc1cc(=O)n2nc(NNC(=S)SCc3ccccc3)sc2n1. The minimum atomic E-state index is -0.196. The number of aryl methyl sites for hydroxylation is 1. The molecule has 0 bridgehead atoms. The van der Waals surface area contributed by atoms with E-state index in [4.69, 9.17) is 12.2 Å². The molecule has 1 aromatic carbocycles. The van der Waals surface area contributed by atoms with Crippen LogP contribution in [0.15, 0.2) is 41.2 Å². The van der Waals surface area contributed by atoms with E-state index in [9.17, 15) is 4.79 Å². The molecule has 118 valence electrons. The van der Waals surface area contributed by atoms with Crippen molar-refractivity contribution >= 4 is 49.7 Å². The summed E-state index contributed by atoms with van der Waals surface area (Å²) in [5, 5.41) is 4.69. The van der Waals surface area contributed by atoms with Gasteiger partial charge in [-0.1, -0.05) is 65.6 Å². The van der Waals surface area contributed by atoms with Crippen LogP contribution in [0, 0.1) is 6.92 Å². The summed E-state index contributed by atoms with van der Waals surface area (Å²) in [5.41, 5.74) is 7.50. The van der Waals surface area contributed by atoms with E-state index in [1.807, 2.05) is 18.2 Å². The molecule has 0 aliphatic carbocycles. The van der Waals surface area contributed by atoms with Crippen LogP contribution in [0.3, 0.4) is 0 Å². The smallest absolute Gasteiger partial charge is 0.275 e. The molecule has 9 heteroatoms. The third kappa shape index (κ3) is 4.06. The minimum absolute atomic E-state index is 0.196. The van der Waals surface area contributed by atoms with Crippen molar-refractivity contribution in [2.45, 2.75) is 12.7 Å². The molecule has 0 saturated carbocycles. The molecule has 6 nitrogen and oxygen atoms in total. The van der Waals surface area contributed by atoms with Gasteiger partial charge in [-0.3, -0.25) is 15.6 Å².